The molecule has 0 aromatic carbocycles. The van der Waals surface area contributed by atoms with Crippen molar-refractivity contribution in [3.63, 3.8) is 0 Å². The zero-order chi connectivity index (χ0) is 12.7. The van der Waals surface area contributed by atoms with Gasteiger partial charge in [-0.25, -0.2) is 4.98 Å². The average molecular weight is 238 g/mol. The van der Waals surface area contributed by atoms with Crippen molar-refractivity contribution in [2.45, 2.75) is 39.7 Å². The molecule has 0 saturated heterocycles. The van der Waals surface area contributed by atoms with E-state index in [0.717, 1.165) is 37.3 Å². The lowest BCUT2D eigenvalue weighted by Crippen LogP contribution is -2.10. The molecule has 1 heterocycles. The van der Waals surface area contributed by atoms with Crippen molar-refractivity contribution in [2.75, 3.05) is 23.7 Å². The van der Waals surface area contributed by atoms with Crippen LogP contribution in [0.15, 0.2) is 6.20 Å². The van der Waals surface area contributed by atoms with Gasteiger partial charge in [-0.15, -0.1) is 0 Å². The third-order valence-electron chi connectivity index (χ3n) is 2.40. The van der Waals surface area contributed by atoms with Crippen molar-refractivity contribution in [1.29, 1.82) is 0 Å². The van der Waals surface area contributed by atoms with Crippen LogP contribution in [0.2, 0.25) is 0 Å². The fraction of sp³-hybridized carbons (Fsp3) is 0.667. The largest absolute Gasteiger partial charge is 0.393 e. The van der Waals surface area contributed by atoms with Gasteiger partial charge in [-0.2, -0.15) is 4.98 Å². The SMILES string of the molecule is CCNc1ncc(C)c(NCCCC(C)O)n1. The normalized spacial score (nSPS) is 12.2. The second-order valence-corrected chi connectivity index (χ2v) is 4.17. The Morgan fingerprint density at radius 2 is 2.18 bits per heavy atom. The number of aromatic nitrogens is 2. The summed E-state index contributed by atoms with van der Waals surface area (Å²) in [6, 6.07) is 0. The molecule has 0 saturated carbocycles. The standard InChI is InChI=1S/C12H22N4O/c1-4-13-12-15-8-9(2)11(16-12)14-7-5-6-10(3)17/h8,10,17H,4-7H2,1-3H3,(H2,13,14,15,16). The molecular weight excluding hydrogens is 216 g/mol. The summed E-state index contributed by atoms with van der Waals surface area (Å²) in [6.07, 6.45) is 3.30. The molecule has 0 amide bonds. The maximum absolute atomic E-state index is 9.15. The van der Waals surface area contributed by atoms with Crippen LogP contribution in [-0.4, -0.2) is 34.3 Å². The Kier molecular flexibility index (Phi) is 5.69. The van der Waals surface area contributed by atoms with Crippen LogP contribution in [0.3, 0.4) is 0 Å². The lowest BCUT2D eigenvalue weighted by Gasteiger charge is -2.10. The number of hydrogen-bond donors (Lipinski definition) is 3. The highest BCUT2D eigenvalue weighted by atomic mass is 16.3. The molecule has 0 radical (unpaired) electrons. The monoisotopic (exact) mass is 238 g/mol. The molecule has 0 spiro atoms. The van der Waals surface area contributed by atoms with Gasteiger partial charge in [-0.1, -0.05) is 0 Å². The topological polar surface area (TPSA) is 70.1 Å². The molecule has 5 nitrogen and oxygen atoms in total. The molecule has 1 aromatic rings. The molecule has 1 atom stereocenters. The van der Waals surface area contributed by atoms with E-state index in [4.69, 9.17) is 5.11 Å². The Morgan fingerprint density at radius 1 is 1.41 bits per heavy atom. The third kappa shape index (κ3) is 4.99. The number of hydrogen-bond acceptors (Lipinski definition) is 5. The predicted molar refractivity (Wildman–Crippen MR) is 70.3 cm³/mol. The highest BCUT2D eigenvalue weighted by Crippen LogP contribution is 2.12. The van der Waals surface area contributed by atoms with Gasteiger partial charge in [0, 0.05) is 24.8 Å². The minimum absolute atomic E-state index is 0.236. The van der Waals surface area contributed by atoms with Crippen molar-refractivity contribution in [1.82, 2.24) is 9.97 Å². The predicted octanol–water partition coefficient (Wildman–Crippen LogP) is 1.79. The highest BCUT2D eigenvalue weighted by molar-refractivity contribution is 5.46. The van der Waals surface area contributed by atoms with E-state index in [0.29, 0.717) is 5.95 Å². The molecule has 17 heavy (non-hydrogen) atoms. The summed E-state index contributed by atoms with van der Waals surface area (Å²) < 4.78 is 0. The number of aliphatic hydroxyl groups excluding tert-OH is 1. The van der Waals surface area contributed by atoms with Crippen LogP contribution in [0.4, 0.5) is 11.8 Å². The number of aryl methyl sites for hydroxylation is 1. The number of rotatable bonds is 7. The van der Waals surface area contributed by atoms with Gasteiger partial charge in [0.1, 0.15) is 5.82 Å². The van der Waals surface area contributed by atoms with Gasteiger partial charge in [0.2, 0.25) is 5.95 Å². The molecule has 0 fully saturated rings. The maximum Gasteiger partial charge on any atom is 0.224 e. The summed E-state index contributed by atoms with van der Waals surface area (Å²) in [4.78, 5) is 8.57. The van der Waals surface area contributed by atoms with Gasteiger partial charge < -0.3 is 15.7 Å². The summed E-state index contributed by atoms with van der Waals surface area (Å²) in [5, 5.41) is 15.5. The van der Waals surface area contributed by atoms with E-state index >= 15 is 0 Å². The molecule has 0 aliphatic rings. The number of nitrogens with one attached hydrogen (secondary N) is 2. The van der Waals surface area contributed by atoms with Crippen LogP contribution in [-0.2, 0) is 0 Å². The first kappa shape index (κ1) is 13.7. The van der Waals surface area contributed by atoms with Gasteiger partial charge in [-0.05, 0) is 33.6 Å². The fourth-order valence-corrected chi connectivity index (χ4v) is 1.47. The zero-order valence-corrected chi connectivity index (χ0v) is 10.8. The minimum atomic E-state index is -0.236. The third-order valence-corrected chi connectivity index (χ3v) is 2.40. The smallest absolute Gasteiger partial charge is 0.224 e. The summed E-state index contributed by atoms with van der Waals surface area (Å²) in [5.41, 5.74) is 1.03. The van der Waals surface area contributed by atoms with E-state index in [1.54, 1.807) is 6.92 Å². The van der Waals surface area contributed by atoms with Crippen LogP contribution in [0.1, 0.15) is 32.3 Å². The number of anilines is 2. The van der Waals surface area contributed by atoms with Crippen molar-refractivity contribution in [2.24, 2.45) is 0 Å². The molecule has 0 aliphatic heterocycles. The molecule has 1 unspecified atom stereocenters. The molecule has 5 heteroatoms. The van der Waals surface area contributed by atoms with Crippen LogP contribution in [0, 0.1) is 6.92 Å². The van der Waals surface area contributed by atoms with Gasteiger partial charge in [-0.3, -0.25) is 0 Å². The first-order chi connectivity index (χ1) is 8.13. The Labute approximate surface area is 103 Å². The second-order valence-electron chi connectivity index (χ2n) is 4.17. The van der Waals surface area contributed by atoms with E-state index in [1.165, 1.54) is 0 Å². The van der Waals surface area contributed by atoms with E-state index < -0.39 is 0 Å². The molecule has 0 bridgehead atoms. The first-order valence-electron chi connectivity index (χ1n) is 6.13. The van der Waals surface area contributed by atoms with Crippen LogP contribution in [0.5, 0.6) is 0 Å². The molecule has 0 aliphatic carbocycles. The van der Waals surface area contributed by atoms with Crippen LogP contribution in [0.25, 0.3) is 0 Å². The molecule has 1 rings (SSSR count). The van der Waals surface area contributed by atoms with Crippen molar-refractivity contribution in [3.8, 4) is 0 Å². The number of aliphatic hydroxyl groups is 1. The Hall–Kier alpha value is -1.36. The zero-order valence-electron chi connectivity index (χ0n) is 10.8. The first-order valence-corrected chi connectivity index (χ1v) is 6.13. The quantitative estimate of drug-likeness (QED) is 0.632. The number of nitrogens with zero attached hydrogens (tertiary/aromatic N) is 2. The van der Waals surface area contributed by atoms with Crippen molar-refractivity contribution in [3.05, 3.63) is 11.8 Å². The van der Waals surface area contributed by atoms with E-state index in [1.807, 2.05) is 20.0 Å². The van der Waals surface area contributed by atoms with Gasteiger partial charge in [0.15, 0.2) is 0 Å². The lowest BCUT2D eigenvalue weighted by atomic mass is 10.2. The summed E-state index contributed by atoms with van der Waals surface area (Å²) in [7, 11) is 0. The summed E-state index contributed by atoms with van der Waals surface area (Å²) in [5.74, 6) is 1.51. The van der Waals surface area contributed by atoms with Gasteiger partial charge >= 0.3 is 0 Å². The Morgan fingerprint density at radius 3 is 2.82 bits per heavy atom. The molecule has 3 N–H and O–H groups in total. The van der Waals surface area contributed by atoms with E-state index in [2.05, 4.69) is 20.6 Å². The van der Waals surface area contributed by atoms with Gasteiger partial charge in [0.05, 0.1) is 6.10 Å². The molecular formula is C12H22N4O. The average Bonchev–Trinajstić information content (AvgIpc) is 2.28. The molecule has 96 valence electrons. The fourth-order valence-electron chi connectivity index (χ4n) is 1.47. The van der Waals surface area contributed by atoms with E-state index in [9.17, 15) is 0 Å². The van der Waals surface area contributed by atoms with Crippen LogP contribution < -0.4 is 10.6 Å². The lowest BCUT2D eigenvalue weighted by molar-refractivity contribution is 0.183. The van der Waals surface area contributed by atoms with Crippen LogP contribution >= 0.6 is 0 Å². The summed E-state index contributed by atoms with van der Waals surface area (Å²) in [6.45, 7) is 7.42. The maximum atomic E-state index is 9.15. The van der Waals surface area contributed by atoms with Crippen molar-refractivity contribution >= 4 is 11.8 Å². The summed E-state index contributed by atoms with van der Waals surface area (Å²) >= 11 is 0. The second kappa shape index (κ2) is 7.06. The van der Waals surface area contributed by atoms with Crippen molar-refractivity contribution < 1.29 is 5.11 Å². The Balaban J connectivity index is 2.48. The van der Waals surface area contributed by atoms with E-state index in [-0.39, 0.29) is 6.10 Å². The minimum Gasteiger partial charge on any atom is -0.393 e. The highest BCUT2D eigenvalue weighted by Gasteiger charge is 2.03. The molecule has 1 aromatic heterocycles. The Bertz CT molecular complexity index is 341. The van der Waals surface area contributed by atoms with Gasteiger partial charge in [0.25, 0.3) is 0 Å².